The molecule has 1 N–H and O–H groups in total. The van der Waals surface area contributed by atoms with Crippen LogP contribution in [0.3, 0.4) is 0 Å². The molecule has 3 atom stereocenters. The van der Waals surface area contributed by atoms with Crippen molar-refractivity contribution in [2.24, 2.45) is 5.92 Å². The van der Waals surface area contributed by atoms with E-state index in [1.165, 1.54) is 0 Å². The summed E-state index contributed by atoms with van der Waals surface area (Å²) in [6.45, 7) is 5.82. The summed E-state index contributed by atoms with van der Waals surface area (Å²) in [5.41, 5.74) is 2.20. The van der Waals surface area contributed by atoms with Crippen molar-refractivity contribution in [2.45, 2.75) is 64.2 Å². The van der Waals surface area contributed by atoms with Crippen LogP contribution in [0.15, 0.2) is 6.20 Å². The molecule has 24 heavy (non-hydrogen) atoms. The summed E-state index contributed by atoms with van der Waals surface area (Å²) >= 11 is 0. The Morgan fingerprint density at radius 2 is 2.00 bits per heavy atom. The molecule has 1 saturated heterocycles. The molecule has 130 valence electrons. The lowest BCUT2D eigenvalue weighted by atomic mass is 9.92. The van der Waals surface area contributed by atoms with Crippen molar-refractivity contribution in [1.29, 1.82) is 0 Å². The van der Waals surface area contributed by atoms with Crippen molar-refractivity contribution in [2.75, 3.05) is 18.0 Å². The maximum Gasteiger partial charge on any atom is 0.225 e. The minimum absolute atomic E-state index is 0.0819. The second-order valence-corrected chi connectivity index (χ2v) is 7.46. The highest BCUT2D eigenvalue weighted by Gasteiger charge is 2.33. The molecule has 2 aliphatic carbocycles. The molecule has 1 amide bonds. The van der Waals surface area contributed by atoms with Gasteiger partial charge < -0.3 is 15.0 Å². The minimum atomic E-state index is 0.0819. The molecule has 1 aromatic rings. The Morgan fingerprint density at radius 1 is 1.25 bits per heavy atom. The molecular formula is C18H26N4O2. The van der Waals surface area contributed by atoms with Gasteiger partial charge in [-0.3, -0.25) is 4.79 Å². The number of amides is 1. The SMILES string of the molecule is CC1CN(c2ncc3c(n2)CCCC3NC(=O)C2CC2)CC(C)O1. The van der Waals surface area contributed by atoms with Gasteiger partial charge in [0.05, 0.1) is 23.9 Å². The maximum absolute atomic E-state index is 12.1. The summed E-state index contributed by atoms with van der Waals surface area (Å²) in [7, 11) is 0. The highest BCUT2D eigenvalue weighted by molar-refractivity contribution is 5.81. The van der Waals surface area contributed by atoms with Crippen molar-refractivity contribution < 1.29 is 9.53 Å². The molecule has 4 rings (SSSR count). The van der Waals surface area contributed by atoms with Gasteiger partial charge in [-0.1, -0.05) is 0 Å². The third kappa shape index (κ3) is 3.24. The Labute approximate surface area is 143 Å². The second-order valence-electron chi connectivity index (χ2n) is 7.46. The fourth-order valence-corrected chi connectivity index (χ4v) is 3.81. The van der Waals surface area contributed by atoms with Crippen LogP contribution in [0.2, 0.25) is 0 Å². The Morgan fingerprint density at radius 3 is 2.71 bits per heavy atom. The van der Waals surface area contributed by atoms with Gasteiger partial charge in [0.25, 0.3) is 0 Å². The molecule has 1 saturated carbocycles. The summed E-state index contributed by atoms with van der Waals surface area (Å²) in [4.78, 5) is 23.8. The number of rotatable bonds is 3. The fourth-order valence-electron chi connectivity index (χ4n) is 3.81. The van der Waals surface area contributed by atoms with E-state index in [0.29, 0.717) is 0 Å². The number of hydrogen-bond acceptors (Lipinski definition) is 5. The lowest BCUT2D eigenvalue weighted by Crippen LogP contribution is -2.46. The predicted molar refractivity (Wildman–Crippen MR) is 90.8 cm³/mol. The molecule has 0 bridgehead atoms. The number of aryl methyl sites for hydroxylation is 1. The van der Waals surface area contributed by atoms with Gasteiger partial charge in [-0.05, 0) is 46.0 Å². The molecule has 6 heteroatoms. The van der Waals surface area contributed by atoms with Gasteiger partial charge in [0.1, 0.15) is 0 Å². The number of hydrogen-bond donors (Lipinski definition) is 1. The molecular weight excluding hydrogens is 304 g/mol. The van der Waals surface area contributed by atoms with E-state index in [1.54, 1.807) is 0 Å². The van der Waals surface area contributed by atoms with Crippen LogP contribution >= 0.6 is 0 Å². The maximum atomic E-state index is 12.1. The van der Waals surface area contributed by atoms with Crippen LogP contribution in [0.5, 0.6) is 0 Å². The number of carbonyl (C=O) groups is 1. The number of ether oxygens (including phenoxy) is 1. The Hall–Kier alpha value is -1.69. The van der Waals surface area contributed by atoms with Crippen molar-refractivity contribution in [3.8, 4) is 0 Å². The quantitative estimate of drug-likeness (QED) is 0.918. The molecule has 3 aliphatic rings. The summed E-state index contributed by atoms with van der Waals surface area (Å²) in [6, 6.07) is 0.0819. The lowest BCUT2D eigenvalue weighted by molar-refractivity contribution is -0.123. The normalized spacial score (nSPS) is 29.9. The van der Waals surface area contributed by atoms with Crippen LogP contribution in [-0.2, 0) is 16.0 Å². The highest BCUT2D eigenvalue weighted by Crippen LogP contribution is 2.33. The largest absolute Gasteiger partial charge is 0.372 e. The Bertz CT molecular complexity index is 621. The van der Waals surface area contributed by atoms with Gasteiger partial charge >= 0.3 is 0 Å². The van der Waals surface area contributed by atoms with Gasteiger partial charge in [-0.15, -0.1) is 0 Å². The third-order valence-corrected chi connectivity index (χ3v) is 5.14. The average Bonchev–Trinajstić information content (AvgIpc) is 3.38. The molecule has 3 unspecified atom stereocenters. The van der Waals surface area contributed by atoms with Gasteiger partial charge in [0.15, 0.2) is 0 Å². The summed E-state index contributed by atoms with van der Waals surface area (Å²) in [5, 5.41) is 3.20. The lowest BCUT2D eigenvalue weighted by Gasteiger charge is -2.36. The van der Waals surface area contributed by atoms with E-state index in [4.69, 9.17) is 9.72 Å². The molecule has 0 aromatic carbocycles. The van der Waals surface area contributed by atoms with E-state index in [9.17, 15) is 4.79 Å². The Balaban J connectivity index is 1.52. The standard InChI is InChI=1S/C18H26N4O2/c1-11-9-22(10-12(2)24-11)18-19-8-14-15(4-3-5-16(14)21-18)20-17(23)13-6-7-13/h8,11-13,15H,3-7,9-10H2,1-2H3,(H,20,23). The van der Waals surface area contributed by atoms with E-state index in [0.717, 1.165) is 62.4 Å². The summed E-state index contributed by atoms with van der Waals surface area (Å²) in [6.07, 6.45) is 7.41. The summed E-state index contributed by atoms with van der Waals surface area (Å²) < 4.78 is 5.79. The molecule has 1 aliphatic heterocycles. The first-order valence-corrected chi connectivity index (χ1v) is 9.16. The van der Waals surface area contributed by atoms with Crippen molar-refractivity contribution in [3.05, 3.63) is 17.5 Å². The third-order valence-electron chi connectivity index (χ3n) is 5.14. The molecule has 0 radical (unpaired) electrons. The first-order valence-electron chi connectivity index (χ1n) is 9.16. The number of morpholine rings is 1. The number of anilines is 1. The van der Waals surface area contributed by atoms with Gasteiger partial charge in [-0.25, -0.2) is 9.97 Å². The highest BCUT2D eigenvalue weighted by atomic mass is 16.5. The van der Waals surface area contributed by atoms with E-state index >= 15 is 0 Å². The van der Waals surface area contributed by atoms with Crippen molar-refractivity contribution in [3.63, 3.8) is 0 Å². The molecule has 0 spiro atoms. The van der Waals surface area contributed by atoms with Gasteiger partial charge in [0.2, 0.25) is 11.9 Å². The average molecular weight is 330 g/mol. The zero-order valence-corrected chi connectivity index (χ0v) is 14.5. The smallest absolute Gasteiger partial charge is 0.225 e. The van der Waals surface area contributed by atoms with Crippen molar-refractivity contribution in [1.82, 2.24) is 15.3 Å². The summed E-state index contributed by atoms with van der Waals surface area (Å²) in [5.74, 6) is 1.24. The number of nitrogens with zero attached hydrogens (tertiary/aromatic N) is 3. The van der Waals surface area contributed by atoms with Gasteiger partial charge in [0, 0.05) is 30.8 Å². The van der Waals surface area contributed by atoms with Crippen LogP contribution in [0, 0.1) is 5.92 Å². The Kier molecular flexibility index (Phi) is 4.16. The van der Waals surface area contributed by atoms with Crippen molar-refractivity contribution >= 4 is 11.9 Å². The van der Waals surface area contributed by atoms with Crippen LogP contribution in [0.1, 0.15) is 56.8 Å². The number of aromatic nitrogens is 2. The van der Waals surface area contributed by atoms with Gasteiger partial charge in [-0.2, -0.15) is 0 Å². The zero-order valence-electron chi connectivity index (χ0n) is 14.5. The monoisotopic (exact) mass is 330 g/mol. The van der Waals surface area contributed by atoms with Crippen LogP contribution < -0.4 is 10.2 Å². The minimum Gasteiger partial charge on any atom is -0.372 e. The van der Waals surface area contributed by atoms with Crippen LogP contribution in [-0.4, -0.2) is 41.2 Å². The molecule has 2 heterocycles. The van der Waals surface area contributed by atoms with Crippen LogP contribution in [0.4, 0.5) is 5.95 Å². The second kappa shape index (κ2) is 6.31. The van der Waals surface area contributed by atoms with E-state index in [1.807, 2.05) is 6.20 Å². The van der Waals surface area contributed by atoms with E-state index < -0.39 is 0 Å². The number of carbonyl (C=O) groups excluding carboxylic acids is 1. The zero-order chi connectivity index (χ0) is 16.7. The number of fused-ring (bicyclic) bond motifs is 1. The topological polar surface area (TPSA) is 67.4 Å². The first kappa shape index (κ1) is 15.8. The molecule has 2 fully saturated rings. The number of nitrogens with one attached hydrogen (secondary N) is 1. The molecule has 6 nitrogen and oxygen atoms in total. The molecule has 1 aromatic heterocycles. The first-order chi connectivity index (χ1) is 11.6. The van der Waals surface area contributed by atoms with Crippen LogP contribution in [0.25, 0.3) is 0 Å². The van der Waals surface area contributed by atoms with E-state index in [2.05, 4.69) is 29.0 Å². The fraction of sp³-hybridized carbons (Fsp3) is 0.722. The van der Waals surface area contributed by atoms with E-state index in [-0.39, 0.29) is 30.1 Å². The predicted octanol–water partition coefficient (Wildman–Crippen LogP) is 1.99.